The van der Waals surface area contributed by atoms with E-state index >= 15 is 0 Å². The number of hydrogen-bond donors (Lipinski definition) is 1. The van der Waals surface area contributed by atoms with Gasteiger partial charge in [0, 0.05) is 0 Å². The average Bonchev–Trinajstić information content (AvgIpc) is 3.19. The Kier molecular flexibility index (Phi) is 6.15. The fourth-order valence-electron chi connectivity index (χ4n) is 4.21. The number of sulfonamides is 1. The van der Waals surface area contributed by atoms with Crippen LogP contribution in [0.5, 0.6) is 0 Å². The van der Waals surface area contributed by atoms with E-state index in [1.807, 2.05) is 55.5 Å². The molecule has 1 atom stereocenters. The third-order valence-electron chi connectivity index (χ3n) is 5.93. The zero-order valence-corrected chi connectivity index (χ0v) is 20.6. The molecular formula is C27H24N4O4S. The maximum Gasteiger partial charge on any atom is 0.344 e. The first-order valence-electron chi connectivity index (χ1n) is 11.5. The van der Waals surface area contributed by atoms with Crippen molar-refractivity contribution >= 4 is 44.0 Å². The molecule has 0 bridgehead atoms. The molecule has 0 amide bonds. The van der Waals surface area contributed by atoms with E-state index in [1.54, 1.807) is 35.8 Å². The predicted octanol–water partition coefficient (Wildman–Crippen LogP) is 5.17. The van der Waals surface area contributed by atoms with Gasteiger partial charge in [0.2, 0.25) is 0 Å². The van der Waals surface area contributed by atoms with Crippen LogP contribution in [0, 0.1) is 0 Å². The topological polar surface area (TPSA) is 103 Å². The molecule has 0 radical (unpaired) electrons. The van der Waals surface area contributed by atoms with Crippen molar-refractivity contribution in [1.82, 2.24) is 14.5 Å². The molecule has 0 fully saturated rings. The van der Waals surface area contributed by atoms with E-state index in [9.17, 15) is 13.2 Å². The highest BCUT2D eigenvalue weighted by Gasteiger charge is 2.32. The highest BCUT2D eigenvalue weighted by atomic mass is 32.2. The number of aromatic nitrogens is 3. The van der Waals surface area contributed by atoms with E-state index in [1.165, 1.54) is 12.1 Å². The minimum absolute atomic E-state index is 0.0207. The van der Waals surface area contributed by atoms with Gasteiger partial charge in [-0.1, -0.05) is 60.7 Å². The lowest BCUT2D eigenvalue weighted by molar-refractivity contribution is 0.0529. The van der Waals surface area contributed by atoms with Crippen LogP contribution in [0.3, 0.4) is 0 Å². The Morgan fingerprint density at radius 3 is 2.14 bits per heavy atom. The Labute approximate surface area is 208 Å². The Morgan fingerprint density at radius 1 is 0.917 bits per heavy atom. The number of ether oxygens (including phenoxy) is 1. The smallest absolute Gasteiger partial charge is 0.344 e. The van der Waals surface area contributed by atoms with Crippen LogP contribution in [0.4, 0.5) is 5.82 Å². The van der Waals surface area contributed by atoms with E-state index < -0.39 is 16.0 Å². The Morgan fingerprint density at radius 2 is 1.50 bits per heavy atom. The molecule has 0 saturated heterocycles. The zero-order chi connectivity index (χ0) is 25.3. The minimum Gasteiger partial charge on any atom is -0.462 e. The van der Waals surface area contributed by atoms with Crippen molar-refractivity contribution in [3.05, 3.63) is 96.1 Å². The lowest BCUT2D eigenvalue weighted by Crippen LogP contribution is -2.20. The molecule has 36 heavy (non-hydrogen) atoms. The molecule has 0 aliphatic heterocycles. The first-order chi connectivity index (χ1) is 17.4. The normalized spacial score (nSPS) is 12.5. The number of carbonyl (C=O) groups is 1. The number of rotatable bonds is 7. The second-order valence-corrected chi connectivity index (χ2v) is 9.89. The molecular weight excluding hydrogens is 476 g/mol. The molecule has 0 unspecified atom stereocenters. The molecule has 5 rings (SSSR count). The van der Waals surface area contributed by atoms with Gasteiger partial charge in [0.25, 0.3) is 10.0 Å². The van der Waals surface area contributed by atoms with Crippen LogP contribution in [-0.4, -0.2) is 35.5 Å². The molecule has 0 spiro atoms. The fraction of sp³-hybridized carbons (Fsp3) is 0.148. The van der Waals surface area contributed by atoms with E-state index in [4.69, 9.17) is 14.7 Å². The Hall–Kier alpha value is -4.24. The molecule has 0 aliphatic rings. The molecule has 1 N–H and O–H groups in total. The number of para-hydroxylation sites is 2. The summed E-state index contributed by atoms with van der Waals surface area (Å²) in [6.45, 7) is 3.73. The van der Waals surface area contributed by atoms with Crippen molar-refractivity contribution in [2.24, 2.45) is 0 Å². The highest BCUT2D eigenvalue weighted by molar-refractivity contribution is 7.92. The number of esters is 1. The van der Waals surface area contributed by atoms with Gasteiger partial charge in [0.15, 0.2) is 5.65 Å². The lowest BCUT2D eigenvalue weighted by atomic mass is 10.1. The summed E-state index contributed by atoms with van der Waals surface area (Å²) in [4.78, 5) is 22.9. The highest BCUT2D eigenvalue weighted by Crippen LogP contribution is 2.36. The van der Waals surface area contributed by atoms with E-state index in [2.05, 4.69) is 4.72 Å². The zero-order valence-electron chi connectivity index (χ0n) is 19.8. The summed E-state index contributed by atoms with van der Waals surface area (Å²) < 4.78 is 36.6. The monoisotopic (exact) mass is 500 g/mol. The summed E-state index contributed by atoms with van der Waals surface area (Å²) >= 11 is 0. The van der Waals surface area contributed by atoms with Gasteiger partial charge in [-0.2, -0.15) is 0 Å². The second kappa shape index (κ2) is 9.43. The molecule has 9 heteroatoms. The second-order valence-electron chi connectivity index (χ2n) is 8.20. The van der Waals surface area contributed by atoms with Crippen molar-refractivity contribution < 1.29 is 17.9 Å². The number of fused-ring (bicyclic) bond motifs is 2. The number of benzene rings is 3. The van der Waals surface area contributed by atoms with Crippen molar-refractivity contribution in [2.75, 3.05) is 11.3 Å². The number of anilines is 1. The fourth-order valence-corrected chi connectivity index (χ4v) is 5.29. The third kappa shape index (κ3) is 4.18. The Bertz CT molecular complexity index is 1670. The first kappa shape index (κ1) is 23.5. The molecule has 2 heterocycles. The summed E-state index contributed by atoms with van der Waals surface area (Å²) in [7, 11) is -4.05. The number of nitrogens with one attached hydrogen (secondary N) is 1. The Balaban J connectivity index is 1.85. The van der Waals surface area contributed by atoms with Gasteiger partial charge in [0.1, 0.15) is 16.9 Å². The van der Waals surface area contributed by atoms with Crippen LogP contribution in [0.25, 0.3) is 22.2 Å². The standard InChI is InChI=1S/C27H24N4O4S/c1-3-35-27(32)23-24-26(29-22-17-11-10-16-21(22)28-24)31(18(2)19-12-6-4-7-13-19)25(23)30-36(33,34)20-14-8-5-9-15-20/h4-18,30H,3H2,1-2H3/t18-/m1/s1. The minimum atomic E-state index is -4.05. The molecule has 8 nitrogen and oxygen atoms in total. The number of nitrogens with zero attached hydrogens (tertiary/aromatic N) is 3. The number of carbonyl (C=O) groups excluding carboxylic acids is 1. The summed E-state index contributed by atoms with van der Waals surface area (Å²) in [5, 5.41) is 0. The maximum absolute atomic E-state index is 13.4. The average molecular weight is 501 g/mol. The van der Waals surface area contributed by atoms with E-state index in [0.717, 1.165) is 5.56 Å². The SMILES string of the molecule is CCOC(=O)c1c(NS(=O)(=O)c2ccccc2)n([C@H](C)c2ccccc2)c2nc3ccccc3nc12. The quantitative estimate of drug-likeness (QED) is 0.309. The van der Waals surface area contributed by atoms with Crippen molar-refractivity contribution in [3.63, 3.8) is 0 Å². The van der Waals surface area contributed by atoms with Crippen LogP contribution in [-0.2, 0) is 14.8 Å². The van der Waals surface area contributed by atoms with Crippen LogP contribution in [0.2, 0.25) is 0 Å². The van der Waals surface area contributed by atoms with Crippen LogP contribution in [0.15, 0.2) is 89.8 Å². The predicted molar refractivity (Wildman–Crippen MR) is 138 cm³/mol. The van der Waals surface area contributed by atoms with Crippen LogP contribution in [0.1, 0.15) is 35.8 Å². The van der Waals surface area contributed by atoms with Gasteiger partial charge in [0.05, 0.1) is 28.6 Å². The maximum atomic E-state index is 13.4. The molecule has 3 aromatic carbocycles. The number of hydrogen-bond acceptors (Lipinski definition) is 6. The van der Waals surface area contributed by atoms with Crippen molar-refractivity contribution in [2.45, 2.75) is 24.8 Å². The third-order valence-corrected chi connectivity index (χ3v) is 7.28. The summed E-state index contributed by atoms with van der Waals surface area (Å²) in [6, 6.07) is 24.5. The molecule has 182 valence electrons. The largest absolute Gasteiger partial charge is 0.462 e. The van der Waals surface area contributed by atoms with Gasteiger partial charge in [-0.15, -0.1) is 0 Å². The first-order valence-corrected chi connectivity index (χ1v) is 13.0. The van der Waals surface area contributed by atoms with Crippen molar-refractivity contribution in [3.8, 4) is 0 Å². The molecule has 2 aromatic heterocycles. The molecule has 0 saturated carbocycles. The van der Waals surface area contributed by atoms with Gasteiger partial charge in [-0.05, 0) is 43.7 Å². The van der Waals surface area contributed by atoms with Crippen molar-refractivity contribution in [1.29, 1.82) is 0 Å². The van der Waals surface area contributed by atoms with E-state index in [0.29, 0.717) is 16.7 Å². The summed E-state index contributed by atoms with van der Waals surface area (Å²) in [5.41, 5.74) is 2.77. The van der Waals surface area contributed by atoms with Gasteiger partial charge >= 0.3 is 5.97 Å². The van der Waals surface area contributed by atoms with Gasteiger partial charge < -0.3 is 9.30 Å². The summed E-state index contributed by atoms with van der Waals surface area (Å²) in [5.74, 6) is -0.629. The van der Waals surface area contributed by atoms with E-state index in [-0.39, 0.29) is 34.4 Å². The van der Waals surface area contributed by atoms with Gasteiger partial charge in [-0.25, -0.2) is 23.2 Å². The van der Waals surface area contributed by atoms with Gasteiger partial charge in [-0.3, -0.25) is 4.72 Å². The summed E-state index contributed by atoms with van der Waals surface area (Å²) in [6.07, 6.45) is 0. The molecule has 5 aromatic rings. The van der Waals surface area contributed by atoms with Crippen LogP contribution >= 0.6 is 0 Å². The lowest BCUT2D eigenvalue weighted by Gasteiger charge is -2.20. The molecule has 0 aliphatic carbocycles. The van der Waals surface area contributed by atoms with Crippen LogP contribution < -0.4 is 4.72 Å².